The van der Waals surface area contributed by atoms with Crippen molar-refractivity contribution in [2.45, 2.75) is 18.6 Å². The standard InChI is InChI=1S/C19H21ClN6O2/c20-15-4-2-1-3-14(15)11-23-25-18(21)16-12-22-13-17(24-16)26-7-5-19(6-8-26)27-9-10-28-19/h1-4,11-13H,5-10H2,(H2,21,25)/b23-11-. The number of anilines is 1. The molecule has 2 aliphatic heterocycles. The number of nitrogens with zero attached hydrogens (tertiary/aromatic N) is 5. The number of nitrogens with two attached hydrogens (primary N) is 1. The van der Waals surface area contributed by atoms with E-state index in [1.165, 1.54) is 0 Å². The molecule has 0 aliphatic carbocycles. The molecule has 2 saturated heterocycles. The van der Waals surface area contributed by atoms with E-state index in [2.05, 4.69) is 25.1 Å². The van der Waals surface area contributed by atoms with Gasteiger partial charge in [-0.25, -0.2) is 4.98 Å². The highest BCUT2D eigenvalue weighted by Crippen LogP contribution is 2.32. The number of amidine groups is 1. The highest BCUT2D eigenvalue weighted by atomic mass is 35.5. The topological polar surface area (TPSA) is 98.2 Å². The fourth-order valence-electron chi connectivity index (χ4n) is 3.28. The van der Waals surface area contributed by atoms with Crippen molar-refractivity contribution in [2.75, 3.05) is 31.2 Å². The third kappa shape index (κ3) is 4.14. The molecule has 0 saturated carbocycles. The Morgan fingerprint density at radius 1 is 1.18 bits per heavy atom. The van der Waals surface area contributed by atoms with Gasteiger partial charge in [-0.15, -0.1) is 5.10 Å². The predicted octanol–water partition coefficient (Wildman–Crippen LogP) is 2.21. The summed E-state index contributed by atoms with van der Waals surface area (Å²) in [5.41, 5.74) is 7.27. The molecule has 8 nitrogen and oxygen atoms in total. The maximum atomic E-state index is 6.09. The van der Waals surface area contributed by atoms with Gasteiger partial charge in [0, 0.05) is 36.5 Å². The second-order valence-electron chi connectivity index (χ2n) is 6.61. The Morgan fingerprint density at radius 2 is 1.93 bits per heavy atom. The van der Waals surface area contributed by atoms with E-state index in [1.807, 2.05) is 18.2 Å². The van der Waals surface area contributed by atoms with Gasteiger partial charge in [-0.05, 0) is 6.07 Å². The Kier molecular flexibility index (Phi) is 5.52. The quantitative estimate of drug-likeness (QED) is 0.480. The van der Waals surface area contributed by atoms with Crippen LogP contribution in [0, 0.1) is 0 Å². The molecule has 2 N–H and O–H groups in total. The summed E-state index contributed by atoms with van der Waals surface area (Å²) in [5.74, 6) is 0.516. The van der Waals surface area contributed by atoms with Crippen molar-refractivity contribution in [2.24, 2.45) is 15.9 Å². The lowest BCUT2D eigenvalue weighted by molar-refractivity contribution is -0.169. The highest BCUT2D eigenvalue weighted by Gasteiger charge is 2.40. The van der Waals surface area contributed by atoms with Gasteiger partial charge in [-0.2, -0.15) is 5.10 Å². The van der Waals surface area contributed by atoms with E-state index < -0.39 is 5.79 Å². The Bertz CT molecular complexity index is 887. The van der Waals surface area contributed by atoms with Crippen molar-refractivity contribution in [1.29, 1.82) is 0 Å². The van der Waals surface area contributed by atoms with Crippen LogP contribution in [0.4, 0.5) is 5.82 Å². The number of hydrogen-bond donors (Lipinski definition) is 1. The molecule has 0 amide bonds. The molecular formula is C19H21ClN6O2. The lowest BCUT2D eigenvalue weighted by Crippen LogP contribution is -2.45. The van der Waals surface area contributed by atoms with E-state index in [9.17, 15) is 0 Å². The summed E-state index contributed by atoms with van der Waals surface area (Å²) >= 11 is 6.09. The molecule has 146 valence electrons. The molecule has 2 aliphatic rings. The summed E-state index contributed by atoms with van der Waals surface area (Å²) in [4.78, 5) is 11.0. The number of benzene rings is 1. The number of halogens is 1. The Hall–Kier alpha value is -2.55. The van der Waals surface area contributed by atoms with Crippen LogP contribution in [0.3, 0.4) is 0 Å². The van der Waals surface area contributed by atoms with E-state index in [0.29, 0.717) is 23.9 Å². The summed E-state index contributed by atoms with van der Waals surface area (Å²) in [6, 6.07) is 7.36. The molecule has 1 aromatic carbocycles. The Labute approximate surface area is 168 Å². The summed E-state index contributed by atoms with van der Waals surface area (Å²) in [6.45, 7) is 2.88. The van der Waals surface area contributed by atoms with Gasteiger partial charge in [0.25, 0.3) is 0 Å². The first kappa shape index (κ1) is 18.8. The van der Waals surface area contributed by atoms with E-state index >= 15 is 0 Å². The van der Waals surface area contributed by atoms with Crippen molar-refractivity contribution in [1.82, 2.24) is 9.97 Å². The molecule has 3 heterocycles. The smallest absolute Gasteiger partial charge is 0.173 e. The first-order chi connectivity index (χ1) is 13.7. The van der Waals surface area contributed by atoms with Crippen molar-refractivity contribution >= 4 is 29.5 Å². The normalized spacial score (nSPS) is 19.6. The van der Waals surface area contributed by atoms with Gasteiger partial charge in [0.05, 0.1) is 31.8 Å². The second kappa shape index (κ2) is 8.22. The van der Waals surface area contributed by atoms with Crippen LogP contribution in [-0.4, -0.2) is 54.1 Å². The van der Waals surface area contributed by atoms with Crippen LogP contribution < -0.4 is 10.6 Å². The fraction of sp³-hybridized carbons (Fsp3) is 0.368. The lowest BCUT2D eigenvalue weighted by atomic mass is 10.0. The molecule has 0 radical (unpaired) electrons. The zero-order valence-electron chi connectivity index (χ0n) is 15.3. The summed E-state index contributed by atoms with van der Waals surface area (Å²) < 4.78 is 11.5. The first-order valence-electron chi connectivity index (χ1n) is 9.12. The fourth-order valence-corrected chi connectivity index (χ4v) is 3.46. The first-order valence-corrected chi connectivity index (χ1v) is 9.49. The van der Waals surface area contributed by atoms with Crippen molar-refractivity contribution in [3.8, 4) is 0 Å². The van der Waals surface area contributed by atoms with Crippen LogP contribution in [0.25, 0.3) is 0 Å². The molecule has 9 heteroatoms. The van der Waals surface area contributed by atoms with Gasteiger partial charge < -0.3 is 20.1 Å². The third-order valence-corrected chi connectivity index (χ3v) is 5.16. The monoisotopic (exact) mass is 400 g/mol. The van der Waals surface area contributed by atoms with E-state index in [-0.39, 0.29) is 5.84 Å². The molecular weight excluding hydrogens is 380 g/mol. The summed E-state index contributed by atoms with van der Waals surface area (Å²) in [5, 5.41) is 8.62. The SMILES string of the molecule is N/C(=N/N=C\c1ccccc1Cl)c1cncc(N2CCC3(CC2)OCCO3)n1. The minimum Gasteiger partial charge on any atom is -0.380 e. The molecule has 0 unspecified atom stereocenters. The second-order valence-corrected chi connectivity index (χ2v) is 7.02. The minimum atomic E-state index is -0.421. The van der Waals surface area contributed by atoms with Gasteiger partial charge >= 0.3 is 0 Å². The summed E-state index contributed by atoms with van der Waals surface area (Å²) in [7, 11) is 0. The molecule has 0 bridgehead atoms. The van der Waals surface area contributed by atoms with Gasteiger partial charge in [-0.3, -0.25) is 4.98 Å². The molecule has 0 atom stereocenters. The number of hydrogen-bond acceptors (Lipinski definition) is 7. The maximum absolute atomic E-state index is 6.09. The minimum absolute atomic E-state index is 0.189. The number of ether oxygens (including phenoxy) is 2. The average molecular weight is 401 g/mol. The van der Waals surface area contributed by atoms with Gasteiger partial charge in [-0.1, -0.05) is 29.8 Å². The number of aromatic nitrogens is 2. The third-order valence-electron chi connectivity index (χ3n) is 4.81. The Morgan fingerprint density at radius 3 is 2.68 bits per heavy atom. The average Bonchev–Trinajstić information content (AvgIpc) is 3.18. The molecule has 1 aromatic heterocycles. The molecule has 4 rings (SSSR count). The predicted molar refractivity (Wildman–Crippen MR) is 108 cm³/mol. The lowest BCUT2D eigenvalue weighted by Gasteiger charge is -2.38. The van der Waals surface area contributed by atoms with Gasteiger partial charge in [0.15, 0.2) is 11.6 Å². The van der Waals surface area contributed by atoms with E-state index in [0.717, 1.165) is 37.3 Å². The molecule has 28 heavy (non-hydrogen) atoms. The van der Waals surface area contributed by atoms with E-state index in [1.54, 1.807) is 24.7 Å². The van der Waals surface area contributed by atoms with Crippen molar-refractivity contribution < 1.29 is 9.47 Å². The zero-order chi connectivity index (χ0) is 19.4. The number of rotatable bonds is 4. The van der Waals surface area contributed by atoms with Crippen LogP contribution in [-0.2, 0) is 9.47 Å². The summed E-state index contributed by atoms with van der Waals surface area (Å²) in [6.07, 6.45) is 6.44. The maximum Gasteiger partial charge on any atom is 0.173 e. The van der Waals surface area contributed by atoms with Crippen LogP contribution in [0.5, 0.6) is 0 Å². The largest absolute Gasteiger partial charge is 0.380 e. The Balaban J connectivity index is 1.44. The van der Waals surface area contributed by atoms with Crippen LogP contribution in [0.2, 0.25) is 5.02 Å². The van der Waals surface area contributed by atoms with Crippen LogP contribution in [0.1, 0.15) is 24.1 Å². The zero-order valence-corrected chi connectivity index (χ0v) is 16.0. The van der Waals surface area contributed by atoms with Crippen LogP contribution >= 0.6 is 11.6 Å². The molecule has 2 aromatic rings. The number of piperidine rings is 1. The van der Waals surface area contributed by atoms with Gasteiger partial charge in [0.1, 0.15) is 11.5 Å². The van der Waals surface area contributed by atoms with Crippen molar-refractivity contribution in [3.63, 3.8) is 0 Å². The van der Waals surface area contributed by atoms with Crippen LogP contribution in [0.15, 0.2) is 46.9 Å². The van der Waals surface area contributed by atoms with E-state index in [4.69, 9.17) is 26.8 Å². The van der Waals surface area contributed by atoms with Gasteiger partial charge in [0.2, 0.25) is 0 Å². The van der Waals surface area contributed by atoms with Crippen molar-refractivity contribution in [3.05, 3.63) is 52.9 Å². The molecule has 1 spiro atoms. The molecule has 2 fully saturated rings. The highest BCUT2D eigenvalue weighted by molar-refractivity contribution is 6.33.